The molecule has 15 atom stereocenters. The molecule has 0 aliphatic carbocycles. The maximum absolute atomic E-state index is 15.2. The fraction of sp³-hybridized carbons (Fsp3) is 0.627. The Morgan fingerprint density at radius 2 is 0.905 bits per heavy atom. The first-order chi connectivity index (χ1) is 54.8. The van der Waals surface area contributed by atoms with Crippen LogP contribution in [0.3, 0.4) is 0 Å². The van der Waals surface area contributed by atoms with Crippen molar-refractivity contribution in [2.24, 2.45) is 40.7 Å². The molecule has 0 saturated carbocycles. The number of H-pyrrole nitrogens is 2. The molecule has 3 aliphatic rings. The van der Waals surface area contributed by atoms with E-state index in [4.69, 9.17) is 22.9 Å². The van der Waals surface area contributed by atoms with E-state index in [0.717, 1.165) is 48.1 Å². The Labute approximate surface area is 680 Å². The number of carboxylic acid groups (broad SMARTS) is 1. The van der Waals surface area contributed by atoms with Gasteiger partial charge in [-0.2, -0.15) is 0 Å². The smallest absolute Gasteiger partial charge is 0.303 e. The van der Waals surface area contributed by atoms with Crippen molar-refractivity contribution in [2.75, 3.05) is 49.3 Å². The molecule has 0 unspecified atom stereocenters. The summed E-state index contributed by atoms with van der Waals surface area (Å²) >= 11 is 0. The van der Waals surface area contributed by atoms with Crippen molar-refractivity contribution in [3.63, 3.8) is 0 Å². The van der Waals surface area contributed by atoms with Gasteiger partial charge in [-0.1, -0.05) is 84.7 Å². The second-order valence-corrected chi connectivity index (χ2v) is 33.6. The summed E-state index contributed by atoms with van der Waals surface area (Å²) in [6.07, 6.45) is 0.536. The molecule has 27 N–H and O–H groups in total. The predicted molar refractivity (Wildman–Crippen MR) is 417 cm³/mol. The Hall–Kier alpha value is -10.4. The molecule has 3 fully saturated rings. The molecule has 116 heavy (non-hydrogen) atoms. The summed E-state index contributed by atoms with van der Waals surface area (Å²) in [5, 5.41) is 65.3. The minimum Gasteiger partial charge on any atom is -0.481 e. The van der Waals surface area contributed by atoms with Gasteiger partial charge in [0, 0.05) is 72.6 Å². The Bertz CT molecular complexity index is 3830. The van der Waals surface area contributed by atoms with Crippen molar-refractivity contribution in [1.82, 2.24) is 99.3 Å². The van der Waals surface area contributed by atoms with Gasteiger partial charge in [0.05, 0.1) is 45.3 Å². The summed E-state index contributed by atoms with van der Waals surface area (Å²) < 4.78 is 0. The third-order valence-electron chi connectivity index (χ3n) is 17.8. The average Bonchev–Trinajstić information content (AvgIpc) is 1.64. The van der Waals surface area contributed by atoms with E-state index in [2.05, 4.69) is 94.4 Å². The van der Waals surface area contributed by atoms with Gasteiger partial charge in [0.25, 0.3) is 0 Å². The number of carboxylic acids is 1. The van der Waals surface area contributed by atoms with E-state index in [9.17, 15) is 96.8 Å². The number of aliphatic carboxylic acids is 1. The van der Waals surface area contributed by atoms with E-state index in [1.807, 2.05) is 0 Å². The zero-order valence-electron chi connectivity index (χ0n) is 64.3. The maximum Gasteiger partial charge on any atom is 0.303 e. The lowest BCUT2D eigenvalue weighted by Gasteiger charge is -2.31. The van der Waals surface area contributed by atoms with E-state index >= 15 is 9.59 Å². The minimum atomic E-state index is -2.02. The number of primary amides is 3. The van der Waals surface area contributed by atoms with Gasteiger partial charge < -0.3 is 128 Å². The number of nitrogens with zero attached hydrogens (tertiary/aromatic N) is 3. The number of carbonyl (C=O) groups is 19. The van der Waals surface area contributed by atoms with Gasteiger partial charge in [-0.3, -0.25) is 91.1 Å². The van der Waals surface area contributed by atoms with Crippen LogP contribution in [0.4, 0.5) is 0 Å². The molecule has 2 aromatic heterocycles. The summed E-state index contributed by atoms with van der Waals surface area (Å²) in [6.45, 7) is 6.40. The van der Waals surface area contributed by atoms with Crippen molar-refractivity contribution in [2.45, 2.75) is 196 Å². The standard InChI is InChI=1S/C67H103N23O22S4/c1-29(2)12-35-55(100)77-34(9-10-51(96)97)54(99)80-38(15-33-20-73-28-75-33)58(103)84-41(21-91)60(105)82-39(16-48(69)93)59(104)79-36(13-30(3)4)56(101)86-43(53(71)98)23-113-114-24-44(76-50(95)18-68)62(107)87-45-25-115-116-26-46(63(108)81-37(57(102)78-35)14-32-19-72-27-74-32)88-66(111)52(31(5)6)89-65(110)47-8-7-11-90(47)67(112)40(17-49(70)94)83-61(106)42(22-92)85-64(45)109/h19-20,27-31,34-47,52,91-92H,7-18,21-26,68H2,1-6H3,(H2,69,93)(H2,70,94)(H2,71,98)(H,72,74)(H,73,75)(H,76,95)(H,77,100)(H,78,102)(H,79,104)(H,80,99)(H,81,108)(H,82,105)(H,83,106)(H,84,103)(H,85,109)(H,86,101)(H,87,107)(H,88,111)(H,89,110)(H,96,97)/t34-,35-,36-,37-,38-,39-,40-,41-,42-,43-,44-,45-,46-,47-,52-/m0/s1. The summed E-state index contributed by atoms with van der Waals surface area (Å²) in [6, 6.07) is -26.0. The van der Waals surface area contributed by atoms with E-state index in [1.54, 1.807) is 27.7 Å². The third kappa shape index (κ3) is 31.3. The fourth-order valence-electron chi connectivity index (χ4n) is 11.8. The Balaban J connectivity index is 1.69. The number of amides is 18. The van der Waals surface area contributed by atoms with E-state index in [0.29, 0.717) is 0 Å². The molecule has 5 heterocycles. The molecule has 0 spiro atoms. The third-order valence-corrected chi connectivity index (χ3v) is 22.7. The normalized spacial score (nSPS) is 26.9. The number of aromatic nitrogens is 4. The number of carbonyl (C=O) groups excluding carboxylic acids is 18. The number of aliphatic hydroxyl groups excluding tert-OH is 2. The summed E-state index contributed by atoms with van der Waals surface area (Å²) in [4.78, 5) is 281. The first-order valence-corrected chi connectivity index (χ1v) is 41.8. The number of aliphatic hydroxyl groups is 2. The Morgan fingerprint density at radius 3 is 1.38 bits per heavy atom. The van der Waals surface area contributed by atoms with Crippen LogP contribution < -0.4 is 97.4 Å². The second-order valence-electron chi connectivity index (χ2n) is 28.5. The Morgan fingerprint density at radius 1 is 0.491 bits per heavy atom. The van der Waals surface area contributed by atoms with Crippen LogP contribution in [-0.2, 0) is 104 Å². The lowest BCUT2D eigenvalue weighted by molar-refractivity contribution is -0.143. The number of hydrogen-bond acceptors (Lipinski definition) is 28. The van der Waals surface area contributed by atoms with Crippen LogP contribution in [0.25, 0.3) is 0 Å². The lowest BCUT2D eigenvalue weighted by Crippen LogP contribution is -2.62. The monoisotopic (exact) mass is 1710 g/mol. The predicted octanol–water partition coefficient (Wildman–Crippen LogP) is -9.72. The van der Waals surface area contributed by atoms with E-state index in [-0.39, 0.29) is 43.6 Å². The van der Waals surface area contributed by atoms with Gasteiger partial charge >= 0.3 is 5.97 Å². The fourth-order valence-corrected chi connectivity index (χ4v) is 16.5. The Kier molecular flexibility index (Phi) is 39.5. The van der Waals surface area contributed by atoms with Crippen LogP contribution in [0, 0.1) is 17.8 Å². The van der Waals surface area contributed by atoms with Crippen molar-refractivity contribution < 1.29 is 106 Å². The number of aromatic amines is 2. The molecule has 45 nitrogen and oxygen atoms in total. The van der Waals surface area contributed by atoms with Crippen LogP contribution in [0.15, 0.2) is 25.0 Å². The molecule has 18 amide bonds. The van der Waals surface area contributed by atoms with Gasteiger partial charge in [0.2, 0.25) is 106 Å². The van der Waals surface area contributed by atoms with Crippen LogP contribution in [0.1, 0.15) is 104 Å². The van der Waals surface area contributed by atoms with Gasteiger partial charge in [-0.15, -0.1) is 0 Å². The minimum absolute atomic E-state index is 0.0117. The highest BCUT2D eigenvalue weighted by molar-refractivity contribution is 8.77. The van der Waals surface area contributed by atoms with Crippen molar-refractivity contribution >= 4 is 155 Å². The van der Waals surface area contributed by atoms with Crippen molar-refractivity contribution in [3.05, 3.63) is 36.4 Å². The van der Waals surface area contributed by atoms with Gasteiger partial charge in [-0.05, 0) is 49.9 Å². The van der Waals surface area contributed by atoms with Crippen LogP contribution in [0.5, 0.6) is 0 Å². The van der Waals surface area contributed by atoms with Crippen LogP contribution in [0.2, 0.25) is 0 Å². The molecule has 2 bridgehead atoms. The summed E-state index contributed by atoms with van der Waals surface area (Å²) in [7, 11) is 3.13. The SMILES string of the molecule is CC(C)C[C@@H]1NC(=O)[C@H](CC(N)=O)NC(=O)[C@H](CO)NC(=O)[C@H](Cc2cnc[nH]2)NC(=O)[C@H](CCC(=O)O)NC(=O)[C@H](CC(C)C)NC(=O)[C@H](Cc2cnc[nH]2)NC(=O)[C@@H]2CSSC[C@H](NC(=O)[C@@H](NC(=O)CN)CSSC[C@@H](C(N)=O)NC1=O)C(=O)N[C@@H](CO)C(=O)N[C@@H](CC(N)=O)C(=O)N1CCC[C@H]1C(=O)N[C@@H](C(C)C)C(=O)N2. The number of rotatable bonds is 21. The highest BCUT2D eigenvalue weighted by atomic mass is 33.1. The number of fused-ring (bicyclic) bond motifs is 6. The molecule has 3 aliphatic heterocycles. The maximum atomic E-state index is 15.2. The molecular weight excluding hydrogens is 1610 g/mol. The first kappa shape index (κ1) is 96.2. The molecule has 3 saturated heterocycles. The van der Waals surface area contributed by atoms with Crippen LogP contribution >= 0.6 is 43.2 Å². The van der Waals surface area contributed by atoms with E-state index < -0.39 is 302 Å². The highest BCUT2D eigenvalue weighted by Gasteiger charge is 2.43. The molecule has 2 aromatic rings. The summed E-state index contributed by atoms with van der Waals surface area (Å²) in [5.41, 5.74) is 22.9. The largest absolute Gasteiger partial charge is 0.481 e. The van der Waals surface area contributed by atoms with Gasteiger partial charge in [-0.25, -0.2) is 9.97 Å². The second kappa shape index (κ2) is 47.6. The molecule has 0 aromatic carbocycles. The molecule has 0 radical (unpaired) electrons. The number of nitrogens with one attached hydrogen (secondary N) is 16. The van der Waals surface area contributed by atoms with E-state index in [1.165, 1.54) is 38.9 Å². The molecule has 5 rings (SSSR count). The van der Waals surface area contributed by atoms with Gasteiger partial charge in [0.1, 0.15) is 90.6 Å². The molecule has 49 heteroatoms. The average molecular weight is 1710 g/mol. The first-order valence-electron chi connectivity index (χ1n) is 36.8. The zero-order chi connectivity index (χ0) is 86.2. The molecule has 642 valence electrons. The summed E-state index contributed by atoms with van der Waals surface area (Å²) in [5.74, 6) is -25.3. The van der Waals surface area contributed by atoms with Crippen molar-refractivity contribution in [3.8, 4) is 0 Å². The quantitative estimate of drug-likeness (QED) is 0.0516. The number of nitrogens with two attached hydrogens (primary N) is 4. The topological polar surface area (TPSA) is 718 Å². The zero-order valence-corrected chi connectivity index (χ0v) is 67.6. The number of hydrogen-bond donors (Lipinski definition) is 23. The van der Waals surface area contributed by atoms with Gasteiger partial charge in [0.15, 0.2) is 0 Å². The number of imidazole rings is 2. The highest BCUT2D eigenvalue weighted by Crippen LogP contribution is 2.27. The lowest BCUT2D eigenvalue weighted by atomic mass is 10.0. The molecular formula is C67H103N23O22S4. The van der Waals surface area contributed by atoms with Crippen LogP contribution in [-0.4, -0.2) is 292 Å². The van der Waals surface area contributed by atoms with Crippen molar-refractivity contribution in [1.29, 1.82) is 0 Å².